The summed E-state index contributed by atoms with van der Waals surface area (Å²) < 4.78 is 48.9. The molecule has 0 bridgehead atoms. The molecule has 2 aliphatic rings. The van der Waals surface area contributed by atoms with E-state index >= 15 is 0 Å². The van der Waals surface area contributed by atoms with Crippen LogP contribution in [0.1, 0.15) is 30.5 Å². The Morgan fingerprint density at radius 1 is 1.25 bits per heavy atom. The Morgan fingerprint density at radius 2 is 2.03 bits per heavy atom. The van der Waals surface area contributed by atoms with E-state index in [0.717, 1.165) is 16.9 Å². The lowest BCUT2D eigenvalue weighted by Gasteiger charge is -2.44. The van der Waals surface area contributed by atoms with Crippen molar-refractivity contribution in [1.29, 1.82) is 0 Å². The third kappa shape index (κ3) is 3.40. The summed E-state index contributed by atoms with van der Waals surface area (Å²) >= 11 is 0. The molecule has 0 radical (unpaired) electrons. The molecule has 1 aromatic carbocycles. The van der Waals surface area contributed by atoms with E-state index in [2.05, 4.69) is 16.3 Å². The van der Waals surface area contributed by atoms with E-state index in [1.807, 2.05) is 10.9 Å². The van der Waals surface area contributed by atoms with Crippen molar-refractivity contribution < 1.29 is 17.5 Å². The third-order valence-electron chi connectivity index (χ3n) is 6.67. The highest BCUT2D eigenvalue weighted by molar-refractivity contribution is 7.92. The van der Waals surface area contributed by atoms with Crippen LogP contribution in [-0.2, 0) is 28.0 Å². The van der Waals surface area contributed by atoms with E-state index < -0.39 is 20.5 Å². The molecule has 0 spiro atoms. The normalized spacial score (nSPS) is 22.8. The van der Waals surface area contributed by atoms with Gasteiger partial charge in [0.15, 0.2) is 14.9 Å². The molecule has 168 valence electrons. The molecular formula is C23H25FN4O3S. The summed E-state index contributed by atoms with van der Waals surface area (Å²) in [7, 11) is -0.168. The first-order valence-corrected chi connectivity index (χ1v) is 12.1. The lowest BCUT2D eigenvalue weighted by molar-refractivity contribution is 0.0853. The Labute approximate surface area is 186 Å². The van der Waals surface area contributed by atoms with Crippen molar-refractivity contribution in [2.45, 2.75) is 36.0 Å². The maximum atomic E-state index is 13.4. The predicted octanol–water partition coefficient (Wildman–Crippen LogP) is 3.34. The molecule has 2 aliphatic carbocycles. The summed E-state index contributed by atoms with van der Waals surface area (Å²) in [5, 5.41) is 8.31. The molecule has 3 aromatic rings. The molecule has 0 amide bonds. The molecule has 1 saturated carbocycles. The number of hydrogen-bond donors (Lipinski definition) is 0. The highest BCUT2D eigenvalue weighted by Gasteiger charge is 2.47. The van der Waals surface area contributed by atoms with Crippen molar-refractivity contribution in [3.63, 3.8) is 0 Å². The zero-order valence-corrected chi connectivity index (χ0v) is 18.8. The molecule has 2 atom stereocenters. The molecule has 9 heteroatoms. The number of nitrogens with zero attached hydrogens (tertiary/aromatic N) is 4. The average Bonchev–Trinajstić information content (AvgIpc) is 3.38. The average molecular weight is 457 g/mol. The van der Waals surface area contributed by atoms with E-state index in [1.165, 1.54) is 22.4 Å². The van der Waals surface area contributed by atoms with Gasteiger partial charge in [-0.15, -0.1) is 0 Å². The Kier molecular flexibility index (Phi) is 5.05. The standard InChI is InChI=1S/C23H25FN4O3S/c1-27-10-9-22(26-27)32(29,30)20-8-3-17-11-21-16(12-23(17,13-20)15-31-2)14-25-28(21)19-6-4-18(24)5-7-19/h4-7,9-11,14,20H,3,8,12-13,15H2,1-2H3/t20-,23+/m0/s1. The van der Waals surface area contributed by atoms with Crippen LogP contribution in [0.15, 0.2) is 53.3 Å². The van der Waals surface area contributed by atoms with Gasteiger partial charge in [0.1, 0.15) is 5.82 Å². The number of halogens is 1. The van der Waals surface area contributed by atoms with Crippen LogP contribution >= 0.6 is 0 Å². The van der Waals surface area contributed by atoms with Crippen LogP contribution in [0.2, 0.25) is 0 Å². The number of aromatic nitrogens is 4. The summed E-state index contributed by atoms with van der Waals surface area (Å²) in [6, 6.07) is 7.81. The zero-order chi connectivity index (χ0) is 22.5. The molecule has 1 fully saturated rings. The topological polar surface area (TPSA) is 79.0 Å². The molecule has 32 heavy (non-hydrogen) atoms. The molecule has 2 aromatic heterocycles. The summed E-state index contributed by atoms with van der Waals surface area (Å²) in [6.07, 6.45) is 7.93. The monoisotopic (exact) mass is 456 g/mol. The van der Waals surface area contributed by atoms with Gasteiger partial charge < -0.3 is 4.74 Å². The highest BCUT2D eigenvalue weighted by atomic mass is 32.2. The Hall–Kier alpha value is -2.78. The first kappa shape index (κ1) is 21.1. The van der Waals surface area contributed by atoms with Crippen molar-refractivity contribution in [3.05, 3.63) is 65.4 Å². The zero-order valence-electron chi connectivity index (χ0n) is 18.0. The number of hydrogen-bond acceptors (Lipinski definition) is 5. The second-order valence-corrected chi connectivity index (χ2v) is 10.9. The van der Waals surface area contributed by atoms with Crippen molar-refractivity contribution in [1.82, 2.24) is 19.6 Å². The van der Waals surface area contributed by atoms with E-state index in [9.17, 15) is 12.8 Å². The SMILES string of the molecule is COC[C@]12Cc3cnn(-c4ccc(F)cc4)c3C=C1CC[C@H](S(=O)(=O)c1ccn(C)n1)C2. The van der Waals surface area contributed by atoms with Crippen LogP contribution in [0.25, 0.3) is 11.8 Å². The first-order chi connectivity index (χ1) is 15.3. The number of ether oxygens (including phenoxy) is 1. The maximum Gasteiger partial charge on any atom is 0.200 e. The van der Waals surface area contributed by atoms with Crippen molar-refractivity contribution in [2.24, 2.45) is 12.5 Å². The van der Waals surface area contributed by atoms with Gasteiger partial charge in [-0.1, -0.05) is 5.57 Å². The molecule has 0 saturated heterocycles. The molecule has 7 nitrogen and oxygen atoms in total. The van der Waals surface area contributed by atoms with Gasteiger partial charge in [0.2, 0.25) is 0 Å². The fourth-order valence-electron chi connectivity index (χ4n) is 5.12. The van der Waals surface area contributed by atoms with E-state index in [0.29, 0.717) is 32.3 Å². The van der Waals surface area contributed by atoms with Gasteiger partial charge in [-0.2, -0.15) is 10.2 Å². The van der Waals surface area contributed by atoms with Crippen LogP contribution in [0, 0.1) is 11.2 Å². The van der Waals surface area contributed by atoms with Gasteiger partial charge in [0, 0.05) is 25.8 Å². The van der Waals surface area contributed by atoms with E-state index in [4.69, 9.17) is 4.74 Å². The van der Waals surface area contributed by atoms with Crippen molar-refractivity contribution >= 4 is 15.9 Å². The molecule has 0 aliphatic heterocycles. The fourth-order valence-corrected chi connectivity index (χ4v) is 6.92. The summed E-state index contributed by atoms with van der Waals surface area (Å²) in [6.45, 7) is 0.439. The Bertz CT molecular complexity index is 1290. The number of sulfone groups is 1. The van der Waals surface area contributed by atoms with Crippen molar-refractivity contribution in [3.8, 4) is 5.69 Å². The minimum Gasteiger partial charge on any atom is -0.384 e. The summed E-state index contributed by atoms with van der Waals surface area (Å²) in [5.74, 6) is -0.292. The van der Waals surface area contributed by atoms with E-state index in [1.54, 1.807) is 38.6 Å². The summed E-state index contributed by atoms with van der Waals surface area (Å²) in [5.41, 5.74) is 3.57. The minimum absolute atomic E-state index is 0.130. The van der Waals surface area contributed by atoms with Gasteiger partial charge in [-0.25, -0.2) is 17.5 Å². The van der Waals surface area contributed by atoms with Crippen LogP contribution in [0.3, 0.4) is 0 Å². The lowest BCUT2D eigenvalue weighted by Crippen LogP contribution is -2.43. The number of methoxy groups -OCH3 is 1. The largest absolute Gasteiger partial charge is 0.384 e. The first-order valence-electron chi connectivity index (χ1n) is 10.6. The van der Waals surface area contributed by atoms with Gasteiger partial charge >= 0.3 is 0 Å². The maximum absolute atomic E-state index is 13.4. The molecule has 5 rings (SSSR count). The minimum atomic E-state index is -3.54. The van der Waals surface area contributed by atoms with Gasteiger partial charge in [-0.3, -0.25) is 4.68 Å². The second kappa shape index (κ2) is 7.67. The van der Waals surface area contributed by atoms with Crippen LogP contribution < -0.4 is 0 Å². The second-order valence-electron chi connectivity index (χ2n) is 8.74. The van der Waals surface area contributed by atoms with Crippen LogP contribution in [0.4, 0.5) is 4.39 Å². The van der Waals surface area contributed by atoms with Crippen LogP contribution in [0.5, 0.6) is 0 Å². The van der Waals surface area contributed by atoms with Gasteiger partial charge in [-0.05, 0) is 67.7 Å². The Balaban J connectivity index is 1.51. The van der Waals surface area contributed by atoms with Gasteiger partial charge in [0.05, 0.1) is 29.4 Å². The molecule has 2 heterocycles. The van der Waals surface area contributed by atoms with Crippen molar-refractivity contribution in [2.75, 3.05) is 13.7 Å². The molecular weight excluding hydrogens is 431 g/mol. The number of benzene rings is 1. The smallest absolute Gasteiger partial charge is 0.200 e. The molecule has 0 unspecified atom stereocenters. The quantitative estimate of drug-likeness (QED) is 0.588. The third-order valence-corrected chi connectivity index (χ3v) is 8.75. The highest BCUT2D eigenvalue weighted by Crippen LogP contribution is 2.50. The number of fused-ring (bicyclic) bond motifs is 2. The Morgan fingerprint density at radius 3 is 2.72 bits per heavy atom. The number of aryl methyl sites for hydroxylation is 1. The van der Waals surface area contributed by atoms with E-state index in [-0.39, 0.29) is 10.8 Å². The summed E-state index contributed by atoms with van der Waals surface area (Å²) in [4.78, 5) is 0. The molecule has 0 N–H and O–H groups in total. The number of rotatable bonds is 5. The fraction of sp³-hybridized carbons (Fsp3) is 0.391. The predicted molar refractivity (Wildman–Crippen MR) is 118 cm³/mol. The van der Waals surface area contributed by atoms with Crippen LogP contribution in [-0.4, -0.2) is 46.9 Å². The lowest BCUT2D eigenvalue weighted by atomic mass is 9.64. The van der Waals surface area contributed by atoms with Gasteiger partial charge in [0.25, 0.3) is 0 Å².